The molecule has 0 saturated carbocycles. The summed E-state index contributed by atoms with van der Waals surface area (Å²) in [5.74, 6) is 0.324. The lowest BCUT2D eigenvalue weighted by atomic mass is 9.87. The zero-order valence-electron chi connectivity index (χ0n) is 11.0. The van der Waals surface area contributed by atoms with E-state index in [0.717, 1.165) is 17.7 Å². The van der Waals surface area contributed by atoms with Crippen molar-refractivity contribution in [3.05, 3.63) is 71.8 Å². The van der Waals surface area contributed by atoms with Crippen molar-refractivity contribution in [2.24, 2.45) is 11.1 Å². The Bertz CT molecular complexity index is 562. The number of oxime groups is 1. The summed E-state index contributed by atoms with van der Waals surface area (Å²) >= 11 is 0. The molecule has 0 saturated heterocycles. The molecule has 0 radical (unpaired) electrons. The van der Waals surface area contributed by atoms with Crippen molar-refractivity contribution in [1.82, 2.24) is 0 Å². The summed E-state index contributed by atoms with van der Waals surface area (Å²) in [6.45, 7) is 2.09. The third-order valence-corrected chi connectivity index (χ3v) is 3.60. The molecule has 0 amide bonds. The van der Waals surface area contributed by atoms with E-state index in [1.807, 2.05) is 24.3 Å². The van der Waals surface area contributed by atoms with Crippen LogP contribution in [0.3, 0.4) is 0 Å². The molecule has 3 rings (SSSR count). The van der Waals surface area contributed by atoms with Crippen LogP contribution in [0.4, 0.5) is 0 Å². The lowest BCUT2D eigenvalue weighted by Gasteiger charge is -2.15. The first-order valence-corrected chi connectivity index (χ1v) is 6.67. The molecule has 96 valence electrons. The van der Waals surface area contributed by atoms with Gasteiger partial charge in [0.05, 0.1) is 5.71 Å². The Labute approximate surface area is 113 Å². The predicted molar refractivity (Wildman–Crippen MR) is 77.2 cm³/mol. The van der Waals surface area contributed by atoms with Crippen molar-refractivity contribution in [1.29, 1.82) is 0 Å². The van der Waals surface area contributed by atoms with Crippen LogP contribution in [-0.2, 0) is 11.3 Å². The van der Waals surface area contributed by atoms with E-state index >= 15 is 0 Å². The second-order valence-corrected chi connectivity index (χ2v) is 4.95. The van der Waals surface area contributed by atoms with Crippen molar-refractivity contribution in [3.8, 4) is 0 Å². The second-order valence-electron chi connectivity index (χ2n) is 4.95. The highest BCUT2D eigenvalue weighted by atomic mass is 16.6. The summed E-state index contributed by atoms with van der Waals surface area (Å²) in [7, 11) is 0. The number of nitrogens with zero attached hydrogens (tertiary/aromatic N) is 1. The molecule has 0 spiro atoms. The van der Waals surface area contributed by atoms with Crippen LogP contribution in [0.15, 0.2) is 65.8 Å². The van der Waals surface area contributed by atoms with Crippen LogP contribution >= 0.6 is 0 Å². The van der Waals surface area contributed by atoms with E-state index in [0.29, 0.717) is 5.92 Å². The standard InChI is InChI=1S/C17H17NO/c1-13-16(12-14-8-4-2-5-9-14)17(18-19-13)15-10-6-3-7-11-15/h2-11,13,16H,12H2,1H3. The van der Waals surface area contributed by atoms with Crippen molar-refractivity contribution in [3.63, 3.8) is 0 Å². The molecule has 2 aromatic carbocycles. The van der Waals surface area contributed by atoms with E-state index in [-0.39, 0.29) is 6.10 Å². The highest BCUT2D eigenvalue weighted by molar-refractivity contribution is 6.03. The Morgan fingerprint density at radius 1 is 0.947 bits per heavy atom. The first kappa shape index (κ1) is 12.0. The molecule has 0 aromatic heterocycles. The molecule has 0 aliphatic carbocycles. The van der Waals surface area contributed by atoms with Crippen molar-refractivity contribution >= 4 is 5.71 Å². The van der Waals surface area contributed by atoms with E-state index in [4.69, 9.17) is 4.84 Å². The molecule has 0 N–H and O–H groups in total. The van der Waals surface area contributed by atoms with Gasteiger partial charge in [-0.05, 0) is 24.5 Å². The Morgan fingerprint density at radius 3 is 2.26 bits per heavy atom. The number of hydrogen-bond donors (Lipinski definition) is 0. The summed E-state index contributed by atoms with van der Waals surface area (Å²) in [5, 5.41) is 4.28. The first-order valence-electron chi connectivity index (χ1n) is 6.67. The maximum Gasteiger partial charge on any atom is 0.133 e. The lowest BCUT2D eigenvalue weighted by molar-refractivity contribution is 0.0761. The molecule has 2 nitrogen and oxygen atoms in total. The van der Waals surface area contributed by atoms with Gasteiger partial charge in [-0.1, -0.05) is 65.8 Å². The van der Waals surface area contributed by atoms with Crippen LogP contribution in [0.5, 0.6) is 0 Å². The minimum atomic E-state index is 0.135. The molecular weight excluding hydrogens is 234 g/mol. The van der Waals surface area contributed by atoms with Gasteiger partial charge in [0, 0.05) is 5.92 Å². The van der Waals surface area contributed by atoms with Crippen LogP contribution in [0.25, 0.3) is 0 Å². The smallest absolute Gasteiger partial charge is 0.133 e. The van der Waals surface area contributed by atoms with E-state index in [1.54, 1.807) is 0 Å². The van der Waals surface area contributed by atoms with Gasteiger partial charge in [0.2, 0.25) is 0 Å². The van der Waals surface area contributed by atoms with Crippen LogP contribution < -0.4 is 0 Å². The summed E-state index contributed by atoms with van der Waals surface area (Å²) in [6.07, 6.45) is 1.10. The third kappa shape index (κ3) is 2.53. The summed E-state index contributed by atoms with van der Waals surface area (Å²) in [4.78, 5) is 5.49. The molecule has 0 fully saturated rings. The fourth-order valence-corrected chi connectivity index (χ4v) is 2.51. The minimum absolute atomic E-state index is 0.135. The summed E-state index contributed by atoms with van der Waals surface area (Å²) in [6, 6.07) is 20.8. The monoisotopic (exact) mass is 251 g/mol. The van der Waals surface area contributed by atoms with E-state index < -0.39 is 0 Å². The Morgan fingerprint density at radius 2 is 1.58 bits per heavy atom. The Kier molecular flexibility index (Phi) is 3.32. The topological polar surface area (TPSA) is 21.6 Å². The van der Waals surface area contributed by atoms with Crippen LogP contribution in [-0.4, -0.2) is 11.8 Å². The predicted octanol–water partition coefficient (Wildman–Crippen LogP) is 3.67. The largest absolute Gasteiger partial charge is 0.392 e. The summed E-state index contributed by atoms with van der Waals surface area (Å²) in [5.41, 5.74) is 3.55. The SMILES string of the molecule is CC1ON=C(c2ccccc2)C1Cc1ccccc1. The minimum Gasteiger partial charge on any atom is -0.392 e. The fourth-order valence-electron chi connectivity index (χ4n) is 2.51. The Hall–Kier alpha value is -2.09. The van der Waals surface area contributed by atoms with Gasteiger partial charge in [-0.3, -0.25) is 0 Å². The van der Waals surface area contributed by atoms with E-state index in [9.17, 15) is 0 Å². The maximum absolute atomic E-state index is 5.49. The lowest BCUT2D eigenvalue weighted by Crippen LogP contribution is -2.23. The van der Waals surface area contributed by atoms with E-state index in [1.165, 1.54) is 5.56 Å². The maximum atomic E-state index is 5.49. The van der Waals surface area contributed by atoms with Crippen LogP contribution in [0.1, 0.15) is 18.1 Å². The molecule has 0 bridgehead atoms. The first-order chi connectivity index (χ1) is 9.34. The number of benzene rings is 2. The average Bonchev–Trinajstić information content (AvgIpc) is 2.82. The van der Waals surface area contributed by atoms with Crippen LogP contribution in [0, 0.1) is 5.92 Å². The second kappa shape index (κ2) is 5.27. The molecular formula is C17H17NO. The molecule has 2 aromatic rings. The van der Waals surface area contributed by atoms with Gasteiger partial charge < -0.3 is 4.84 Å². The van der Waals surface area contributed by atoms with E-state index in [2.05, 4.69) is 48.5 Å². The quantitative estimate of drug-likeness (QED) is 0.815. The van der Waals surface area contributed by atoms with Gasteiger partial charge in [0.15, 0.2) is 0 Å². The van der Waals surface area contributed by atoms with Gasteiger partial charge in [0.1, 0.15) is 6.10 Å². The zero-order chi connectivity index (χ0) is 13.1. The highest BCUT2D eigenvalue weighted by Gasteiger charge is 2.31. The van der Waals surface area contributed by atoms with Crippen molar-refractivity contribution in [2.45, 2.75) is 19.4 Å². The van der Waals surface area contributed by atoms with Gasteiger partial charge in [-0.25, -0.2) is 0 Å². The highest BCUT2D eigenvalue weighted by Crippen LogP contribution is 2.26. The molecule has 1 heterocycles. The summed E-state index contributed by atoms with van der Waals surface area (Å²) < 4.78 is 0. The van der Waals surface area contributed by atoms with Crippen LogP contribution in [0.2, 0.25) is 0 Å². The molecule has 19 heavy (non-hydrogen) atoms. The van der Waals surface area contributed by atoms with Gasteiger partial charge in [-0.2, -0.15) is 0 Å². The molecule has 2 unspecified atom stereocenters. The Balaban J connectivity index is 1.85. The van der Waals surface area contributed by atoms with Crippen molar-refractivity contribution in [2.75, 3.05) is 0 Å². The molecule has 1 aliphatic heterocycles. The third-order valence-electron chi connectivity index (χ3n) is 3.60. The van der Waals surface area contributed by atoms with Crippen molar-refractivity contribution < 1.29 is 4.84 Å². The van der Waals surface area contributed by atoms with Gasteiger partial charge in [0.25, 0.3) is 0 Å². The molecule has 1 aliphatic rings. The molecule has 2 heteroatoms. The molecule has 2 atom stereocenters. The van der Waals surface area contributed by atoms with Gasteiger partial charge >= 0.3 is 0 Å². The average molecular weight is 251 g/mol. The fraction of sp³-hybridized carbons (Fsp3) is 0.235. The van der Waals surface area contributed by atoms with Gasteiger partial charge in [-0.15, -0.1) is 0 Å². The number of hydrogen-bond acceptors (Lipinski definition) is 2. The number of rotatable bonds is 3. The zero-order valence-corrected chi connectivity index (χ0v) is 11.0. The normalized spacial score (nSPS) is 21.8.